The summed E-state index contributed by atoms with van der Waals surface area (Å²) in [6, 6.07) is 3.06. The van der Waals surface area contributed by atoms with Crippen molar-refractivity contribution in [1.82, 2.24) is 14.9 Å². The highest BCUT2D eigenvalue weighted by atomic mass is 35.5. The van der Waals surface area contributed by atoms with Crippen LogP contribution >= 0.6 is 11.6 Å². The Balaban J connectivity index is 1.59. The van der Waals surface area contributed by atoms with Crippen molar-refractivity contribution in [2.24, 2.45) is 5.92 Å². The lowest BCUT2D eigenvalue weighted by Gasteiger charge is -2.32. The van der Waals surface area contributed by atoms with Crippen LogP contribution in [-0.4, -0.2) is 53.8 Å². The molecule has 0 radical (unpaired) electrons. The molecule has 1 aliphatic heterocycles. The summed E-state index contributed by atoms with van der Waals surface area (Å²) in [4.78, 5) is 10.6. The van der Waals surface area contributed by atoms with Crippen LogP contribution in [0.5, 0.6) is 6.01 Å². The summed E-state index contributed by atoms with van der Waals surface area (Å²) in [7, 11) is 0. The molecule has 130 valence electrons. The van der Waals surface area contributed by atoms with E-state index in [1.54, 1.807) is 6.07 Å². The Hall–Kier alpha value is -1.50. The molecule has 1 aromatic carbocycles. The van der Waals surface area contributed by atoms with E-state index in [0.717, 1.165) is 26.2 Å². The average molecular weight is 354 g/mol. The van der Waals surface area contributed by atoms with Crippen molar-refractivity contribution in [3.05, 3.63) is 29.2 Å². The Morgan fingerprint density at radius 2 is 2.33 bits per heavy atom. The minimum Gasteiger partial charge on any atom is -0.463 e. The number of nitrogens with zero attached hydrogens (tertiary/aromatic N) is 3. The number of benzene rings is 1. The summed E-state index contributed by atoms with van der Waals surface area (Å²) >= 11 is 5.83. The van der Waals surface area contributed by atoms with Crippen molar-refractivity contribution in [3.8, 4) is 6.01 Å². The Morgan fingerprint density at radius 1 is 1.50 bits per heavy atom. The molecule has 0 spiro atoms. The third-order valence-corrected chi connectivity index (χ3v) is 4.19. The van der Waals surface area contributed by atoms with Crippen molar-refractivity contribution in [3.63, 3.8) is 0 Å². The number of fused-ring (bicyclic) bond motifs is 1. The predicted octanol–water partition coefficient (Wildman–Crippen LogP) is 3.16. The standard InChI is InChI=1S/C17H21ClFN3O2/c1-11(8-22-3-4-23-12(2)9-22)10-24-17-20-7-13-5-14(18)6-15(19)16(13)21-17/h5-7,11-12H,3-4,8-10H2,1-2H3/t11-,12+/m1/s1. The summed E-state index contributed by atoms with van der Waals surface area (Å²) in [5, 5.41) is 0.883. The zero-order chi connectivity index (χ0) is 17.1. The van der Waals surface area contributed by atoms with E-state index in [1.165, 1.54) is 12.3 Å². The molecule has 5 nitrogen and oxygen atoms in total. The highest BCUT2D eigenvalue weighted by molar-refractivity contribution is 6.31. The summed E-state index contributed by atoms with van der Waals surface area (Å²) in [6.07, 6.45) is 1.80. The number of hydrogen-bond donors (Lipinski definition) is 0. The zero-order valence-corrected chi connectivity index (χ0v) is 14.6. The van der Waals surface area contributed by atoms with Crippen LogP contribution in [0.15, 0.2) is 18.3 Å². The molecule has 0 saturated carbocycles. The normalized spacial score (nSPS) is 20.2. The maximum atomic E-state index is 13.9. The number of hydrogen-bond acceptors (Lipinski definition) is 5. The molecule has 0 aliphatic carbocycles. The van der Waals surface area contributed by atoms with Gasteiger partial charge in [0, 0.05) is 42.2 Å². The van der Waals surface area contributed by atoms with Crippen molar-refractivity contribution in [2.75, 3.05) is 32.8 Å². The first-order valence-electron chi connectivity index (χ1n) is 8.10. The van der Waals surface area contributed by atoms with Gasteiger partial charge >= 0.3 is 6.01 Å². The number of morpholine rings is 1. The van der Waals surface area contributed by atoms with Crippen LogP contribution in [0.1, 0.15) is 13.8 Å². The lowest BCUT2D eigenvalue weighted by molar-refractivity contribution is -0.0242. The van der Waals surface area contributed by atoms with E-state index in [-0.39, 0.29) is 17.6 Å². The maximum absolute atomic E-state index is 13.9. The molecule has 1 fully saturated rings. The third-order valence-electron chi connectivity index (χ3n) is 3.97. The van der Waals surface area contributed by atoms with Gasteiger partial charge in [0.25, 0.3) is 0 Å². The first-order valence-corrected chi connectivity index (χ1v) is 8.47. The average Bonchev–Trinajstić information content (AvgIpc) is 2.53. The highest BCUT2D eigenvalue weighted by Crippen LogP contribution is 2.22. The van der Waals surface area contributed by atoms with E-state index < -0.39 is 5.82 Å². The largest absolute Gasteiger partial charge is 0.463 e. The van der Waals surface area contributed by atoms with Gasteiger partial charge in [-0.25, -0.2) is 9.37 Å². The van der Waals surface area contributed by atoms with Gasteiger partial charge in [0.1, 0.15) is 5.52 Å². The topological polar surface area (TPSA) is 47.5 Å². The maximum Gasteiger partial charge on any atom is 0.317 e. The highest BCUT2D eigenvalue weighted by Gasteiger charge is 2.19. The van der Waals surface area contributed by atoms with Crippen molar-refractivity contribution < 1.29 is 13.9 Å². The van der Waals surface area contributed by atoms with Crippen LogP contribution < -0.4 is 4.74 Å². The van der Waals surface area contributed by atoms with Gasteiger partial charge in [-0.2, -0.15) is 4.98 Å². The SMILES string of the molecule is C[C@@H](COc1ncc2cc(Cl)cc(F)c2n1)CN1CCO[C@@H](C)C1. The molecule has 1 saturated heterocycles. The zero-order valence-electron chi connectivity index (χ0n) is 13.8. The molecule has 2 atom stereocenters. The van der Waals surface area contributed by atoms with Crippen molar-refractivity contribution >= 4 is 22.5 Å². The molecular weight excluding hydrogens is 333 g/mol. The molecule has 0 bridgehead atoms. The van der Waals surface area contributed by atoms with E-state index in [0.29, 0.717) is 22.9 Å². The quantitative estimate of drug-likeness (QED) is 0.826. The summed E-state index contributed by atoms with van der Waals surface area (Å²) in [5.41, 5.74) is 0.221. The molecule has 1 aliphatic rings. The fourth-order valence-electron chi connectivity index (χ4n) is 2.89. The number of rotatable bonds is 5. The molecule has 7 heteroatoms. The second-order valence-corrected chi connectivity index (χ2v) is 6.77. The first-order chi connectivity index (χ1) is 11.5. The van der Waals surface area contributed by atoms with Gasteiger partial charge in [0.15, 0.2) is 5.82 Å². The minimum absolute atomic E-state index is 0.186. The van der Waals surface area contributed by atoms with E-state index in [9.17, 15) is 4.39 Å². The molecule has 2 heterocycles. The van der Waals surface area contributed by atoms with Gasteiger partial charge < -0.3 is 9.47 Å². The van der Waals surface area contributed by atoms with Crippen LogP contribution in [0.2, 0.25) is 5.02 Å². The monoisotopic (exact) mass is 353 g/mol. The molecule has 3 rings (SSSR count). The number of ether oxygens (including phenoxy) is 2. The fraction of sp³-hybridized carbons (Fsp3) is 0.529. The Labute approximate surface area is 145 Å². The predicted molar refractivity (Wildman–Crippen MR) is 91.0 cm³/mol. The summed E-state index contributed by atoms with van der Waals surface area (Å²) in [6.45, 7) is 8.23. The molecule has 0 unspecified atom stereocenters. The van der Waals surface area contributed by atoms with Crippen LogP contribution in [0.4, 0.5) is 4.39 Å². The van der Waals surface area contributed by atoms with Gasteiger partial charge in [-0.3, -0.25) is 4.90 Å². The van der Waals surface area contributed by atoms with E-state index in [4.69, 9.17) is 21.1 Å². The Kier molecular flexibility index (Phi) is 5.48. The molecule has 0 N–H and O–H groups in total. The molecule has 0 amide bonds. The van der Waals surface area contributed by atoms with Crippen LogP contribution in [-0.2, 0) is 4.74 Å². The second-order valence-electron chi connectivity index (χ2n) is 6.34. The molecular formula is C17H21ClFN3O2. The van der Waals surface area contributed by atoms with Gasteiger partial charge in [-0.1, -0.05) is 18.5 Å². The third kappa shape index (κ3) is 4.32. The lowest BCUT2D eigenvalue weighted by atomic mass is 10.1. The Bertz CT molecular complexity index is 716. The van der Waals surface area contributed by atoms with Crippen LogP contribution in [0.3, 0.4) is 0 Å². The van der Waals surface area contributed by atoms with Crippen molar-refractivity contribution in [2.45, 2.75) is 20.0 Å². The van der Waals surface area contributed by atoms with Gasteiger partial charge in [0.05, 0.1) is 19.3 Å². The van der Waals surface area contributed by atoms with Crippen molar-refractivity contribution in [1.29, 1.82) is 0 Å². The van der Waals surface area contributed by atoms with E-state index in [1.807, 2.05) is 0 Å². The van der Waals surface area contributed by atoms with E-state index >= 15 is 0 Å². The molecule has 1 aromatic heterocycles. The Morgan fingerprint density at radius 3 is 3.12 bits per heavy atom. The summed E-state index contributed by atoms with van der Waals surface area (Å²) in [5.74, 6) is -0.162. The first kappa shape index (κ1) is 17.3. The minimum atomic E-state index is -0.472. The van der Waals surface area contributed by atoms with E-state index in [2.05, 4.69) is 28.7 Å². The lowest BCUT2D eigenvalue weighted by Crippen LogP contribution is -2.43. The molecule has 2 aromatic rings. The van der Waals surface area contributed by atoms with Crippen LogP contribution in [0.25, 0.3) is 10.9 Å². The number of aromatic nitrogens is 2. The second kappa shape index (κ2) is 7.59. The van der Waals surface area contributed by atoms with Crippen LogP contribution in [0, 0.1) is 11.7 Å². The van der Waals surface area contributed by atoms with Gasteiger partial charge in [0.2, 0.25) is 0 Å². The molecule has 24 heavy (non-hydrogen) atoms. The smallest absolute Gasteiger partial charge is 0.317 e. The number of halogens is 2. The fourth-order valence-corrected chi connectivity index (χ4v) is 3.10. The van der Waals surface area contributed by atoms with Gasteiger partial charge in [-0.05, 0) is 19.1 Å². The summed E-state index contributed by atoms with van der Waals surface area (Å²) < 4.78 is 25.1. The van der Waals surface area contributed by atoms with Gasteiger partial charge in [-0.15, -0.1) is 0 Å².